The second kappa shape index (κ2) is 6.56. The van der Waals surface area contributed by atoms with E-state index in [4.69, 9.17) is 9.26 Å². The summed E-state index contributed by atoms with van der Waals surface area (Å²) in [6, 6.07) is 3.47. The zero-order chi connectivity index (χ0) is 16.4. The second-order valence-corrected chi connectivity index (χ2v) is 6.07. The van der Waals surface area contributed by atoms with Gasteiger partial charge in [-0.15, -0.1) is 0 Å². The SMILES string of the molecule is O=C(c1ccno1)N1CCOC2C(CNc3ncccn3)CCC21. The maximum absolute atomic E-state index is 12.6. The largest absolute Gasteiger partial charge is 0.374 e. The van der Waals surface area contributed by atoms with Gasteiger partial charge in [-0.3, -0.25) is 4.79 Å². The normalized spacial score (nSPS) is 26.2. The van der Waals surface area contributed by atoms with Crippen LogP contribution in [-0.2, 0) is 4.74 Å². The van der Waals surface area contributed by atoms with Crippen molar-refractivity contribution in [3.63, 3.8) is 0 Å². The van der Waals surface area contributed by atoms with E-state index >= 15 is 0 Å². The molecule has 3 unspecified atom stereocenters. The van der Waals surface area contributed by atoms with Crippen LogP contribution >= 0.6 is 0 Å². The minimum absolute atomic E-state index is 0.0295. The third kappa shape index (κ3) is 2.84. The smallest absolute Gasteiger partial charge is 0.292 e. The Balaban J connectivity index is 1.42. The molecule has 1 amide bonds. The average molecular weight is 329 g/mol. The van der Waals surface area contributed by atoms with Crippen LogP contribution in [0.4, 0.5) is 5.95 Å². The summed E-state index contributed by atoms with van der Waals surface area (Å²) in [5.41, 5.74) is 0. The molecule has 2 aliphatic rings. The molecular formula is C16H19N5O3. The zero-order valence-electron chi connectivity index (χ0n) is 13.2. The monoisotopic (exact) mass is 329 g/mol. The van der Waals surface area contributed by atoms with Crippen LogP contribution in [0.25, 0.3) is 0 Å². The highest BCUT2D eigenvalue weighted by molar-refractivity contribution is 5.91. The van der Waals surface area contributed by atoms with E-state index in [0.29, 0.717) is 25.0 Å². The first-order valence-corrected chi connectivity index (χ1v) is 8.17. The average Bonchev–Trinajstić information content (AvgIpc) is 3.30. The first kappa shape index (κ1) is 15.1. The molecule has 1 saturated heterocycles. The molecule has 2 fully saturated rings. The minimum Gasteiger partial charge on any atom is -0.374 e. The predicted octanol–water partition coefficient (Wildman–Crippen LogP) is 1.20. The maximum atomic E-state index is 12.6. The lowest BCUT2D eigenvalue weighted by molar-refractivity contribution is -0.0611. The van der Waals surface area contributed by atoms with E-state index in [-0.39, 0.29) is 23.8 Å². The first-order chi connectivity index (χ1) is 11.8. The van der Waals surface area contributed by atoms with Crippen molar-refractivity contribution in [2.24, 2.45) is 5.92 Å². The van der Waals surface area contributed by atoms with Crippen molar-refractivity contribution in [3.05, 3.63) is 36.5 Å². The Morgan fingerprint density at radius 1 is 1.29 bits per heavy atom. The number of aromatic nitrogens is 3. The standard InChI is InChI=1S/C16H19N5O3/c22-15(13-4-7-20-24-13)21-8-9-23-14-11(2-3-12(14)21)10-19-16-17-5-1-6-18-16/h1,4-7,11-12,14H,2-3,8-10H2,(H,17,18,19). The molecule has 126 valence electrons. The minimum atomic E-state index is -0.106. The molecule has 4 rings (SSSR count). The number of rotatable bonds is 4. The van der Waals surface area contributed by atoms with Gasteiger partial charge in [0.15, 0.2) is 0 Å². The van der Waals surface area contributed by atoms with Crippen molar-refractivity contribution in [2.45, 2.75) is 25.0 Å². The fourth-order valence-electron chi connectivity index (χ4n) is 3.61. The van der Waals surface area contributed by atoms with E-state index in [1.165, 1.54) is 6.20 Å². The van der Waals surface area contributed by atoms with Crippen LogP contribution < -0.4 is 5.32 Å². The van der Waals surface area contributed by atoms with Crippen LogP contribution in [0.5, 0.6) is 0 Å². The summed E-state index contributed by atoms with van der Waals surface area (Å²) in [5.74, 6) is 1.12. The summed E-state index contributed by atoms with van der Waals surface area (Å²) >= 11 is 0. The number of fused-ring (bicyclic) bond motifs is 1. The van der Waals surface area contributed by atoms with Crippen LogP contribution in [0, 0.1) is 5.92 Å². The molecule has 2 aromatic heterocycles. The summed E-state index contributed by atoms with van der Waals surface area (Å²) in [6.07, 6.45) is 6.86. The lowest BCUT2D eigenvalue weighted by atomic mass is 10.0. The van der Waals surface area contributed by atoms with E-state index < -0.39 is 0 Å². The van der Waals surface area contributed by atoms with Gasteiger partial charge in [-0.1, -0.05) is 5.16 Å². The third-order valence-corrected chi connectivity index (χ3v) is 4.72. The van der Waals surface area contributed by atoms with Crippen LogP contribution in [0.2, 0.25) is 0 Å². The summed E-state index contributed by atoms with van der Waals surface area (Å²) in [6.45, 7) is 1.86. The Morgan fingerprint density at radius 2 is 2.17 bits per heavy atom. The molecule has 1 aliphatic heterocycles. The summed E-state index contributed by atoms with van der Waals surface area (Å²) in [5, 5.41) is 6.88. The molecule has 3 atom stereocenters. The van der Waals surface area contributed by atoms with Gasteiger partial charge in [-0.2, -0.15) is 0 Å². The van der Waals surface area contributed by atoms with Crippen molar-refractivity contribution in [1.29, 1.82) is 0 Å². The highest BCUT2D eigenvalue weighted by Gasteiger charge is 2.44. The van der Waals surface area contributed by atoms with Crippen molar-refractivity contribution in [3.8, 4) is 0 Å². The Labute approximate surface area is 139 Å². The molecule has 8 heteroatoms. The van der Waals surface area contributed by atoms with Gasteiger partial charge in [0.25, 0.3) is 5.91 Å². The summed E-state index contributed by atoms with van der Waals surface area (Å²) in [7, 11) is 0. The molecule has 1 N–H and O–H groups in total. The van der Waals surface area contributed by atoms with Gasteiger partial charge >= 0.3 is 0 Å². The van der Waals surface area contributed by atoms with E-state index in [1.807, 2.05) is 4.90 Å². The van der Waals surface area contributed by atoms with Gasteiger partial charge < -0.3 is 19.5 Å². The summed E-state index contributed by atoms with van der Waals surface area (Å²) < 4.78 is 11.0. The number of morpholine rings is 1. The zero-order valence-corrected chi connectivity index (χ0v) is 13.2. The van der Waals surface area contributed by atoms with Crippen molar-refractivity contribution >= 4 is 11.9 Å². The number of hydrogen-bond donors (Lipinski definition) is 1. The van der Waals surface area contributed by atoms with Crippen molar-refractivity contribution in [1.82, 2.24) is 20.0 Å². The predicted molar refractivity (Wildman–Crippen MR) is 84.3 cm³/mol. The van der Waals surface area contributed by atoms with Crippen LogP contribution in [0.15, 0.2) is 35.2 Å². The lowest BCUT2D eigenvalue weighted by Gasteiger charge is -2.38. The molecule has 3 heterocycles. The molecule has 1 aliphatic carbocycles. The molecule has 0 aromatic carbocycles. The van der Waals surface area contributed by atoms with E-state index in [0.717, 1.165) is 19.4 Å². The Hall–Kier alpha value is -2.48. The number of ether oxygens (including phenoxy) is 1. The molecule has 0 spiro atoms. The van der Waals surface area contributed by atoms with E-state index in [1.54, 1.807) is 24.5 Å². The number of anilines is 1. The maximum Gasteiger partial charge on any atom is 0.292 e. The molecule has 8 nitrogen and oxygen atoms in total. The number of carbonyl (C=O) groups excluding carboxylic acids is 1. The quantitative estimate of drug-likeness (QED) is 0.900. The molecule has 2 aromatic rings. The van der Waals surface area contributed by atoms with Gasteiger partial charge in [0.2, 0.25) is 11.7 Å². The molecule has 0 bridgehead atoms. The van der Waals surface area contributed by atoms with Gasteiger partial charge in [0.05, 0.1) is 24.9 Å². The van der Waals surface area contributed by atoms with Crippen LogP contribution in [0.1, 0.15) is 23.4 Å². The number of carbonyl (C=O) groups is 1. The highest BCUT2D eigenvalue weighted by atomic mass is 16.5. The number of nitrogens with zero attached hydrogens (tertiary/aromatic N) is 4. The van der Waals surface area contributed by atoms with Gasteiger partial charge in [-0.25, -0.2) is 9.97 Å². The third-order valence-electron chi connectivity index (χ3n) is 4.72. The topological polar surface area (TPSA) is 93.4 Å². The number of amides is 1. The lowest BCUT2D eigenvalue weighted by Crippen LogP contribution is -2.53. The van der Waals surface area contributed by atoms with E-state index in [9.17, 15) is 4.79 Å². The van der Waals surface area contributed by atoms with E-state index in [2.05, 4.69) is 20.4 Å². The van der Waals surface area contributed by atoms with Gasteiger partial charge in [0, 0.05) is 37.5 Å². The highest BCUT2D eigenvalue weighted by Crippen LogP contribution is 2.35. The van der Waals surface area contributed by atoms with Crippen molar-refractivity contribution < 1.29 is 14.1 Å². The first-order valence-electron chi connectivity index (χ1n) is 8.17. The number of hydrogen-bond acceptors (Lipinski definition) is 7. The Morgan fingerprint density at radius 3 is 2.96 bits per heavy atom. The summed E-state index contributed by atoms with van der Waals surface area (Å²) in [4.78, 5) is 22.8. The molecule has 24 heavy (non-hydrogen) atoms. The fraction of sp³-hybridized carbons (Fsp3) is 0.500. The molecule has 0 radical (unpaired) electrons. The molecule has 1 saturated carbocycles. The van der Waals surface area contributed by atoms with Gasteiger partial charge in [-0.05, 0) is 18.9 Å². The molecular weight excluding hydrogens is 310 g/mol. The second-order valence-electron chi connectivity index (χ2n) is 6.07. The van der Waals surface area contributed by atoms with Crippen molar-refractivity contribution in [2.75, 3.05) is 25.0 Å². The van der Waals surface area contributed by atoms with Gasteiger partial charge in [0.1, 0.15) is 0 Å². The Bertz CT molecular complexity index is 678. The fourth-order valence-corrected chi connectivity index (χ4v) is 3.61. The number of nitrogens with one attached hydrogen (secondary N) is 1. The van der Waals surface area contributed by atoms with Crippen LogP contribution in [0.3, 0.4) is 0 Å². The Kier molecular flexibility index (Phi) is 4.12. The van der Waals surface area contributed by atoms with Crippen LogP contribution in [-0.4, -0.2) is 57.8 Å².